The molecule has 0 aliphatic carbocycles. The third-order valence-corrected chi connectivity index (χ3v) is 6.87. The lowest BCUT2D eigenvalue weighted by Crippen LogP contribution is -2.27. The number of nitrogens with zero attached hydrogens (tertiary/aromatic N) is 3. The highest BCUT2D eigenvalue weighted by Gasteiger charge is 2.29. The maximum Gasteiger partial charge on any atom is 0.387 e. The Balaban J connectivity index is 0.000000278. The average molecular weight is 523 g/mol. The molecule has 1 atom stereocenters. The number of aromatic nitrogens is 3. The number of rotatable bonds is 6. The van der Waals surface area contributed by atoms with Gasteiger partial charge in [-0.25, -0.2) is 4.98 Å². The summed E-state index contributed by atoms with van der Waals surface area (Å²) in [5.41, 5.74) is 4.18. The van der Waals surface area contributed by atoms with Gasteiger partial charge in [0, 0.05) is 43.8 Å². The number of carbonyl (C=O) groups is 1. The van der Waals surface area contributed by atoms with E-state index in [0.29, 0.717) is 13.0 Å². The highest BCUT2D eigenvalue weighted by atomic mass is 19.3. The molecule has 4 aromatic rings. The van der Waals surface area contributed by atoms with E-state index in [1.54, 1.807) is 29.3 Å². The molecule has 1 saturated heterocycles. The van der Waals surface area contributed by atoms with Crippen LogP contribution in [0.2, 0.25) is 0 Å². The van der Waals surface area contributed by atoms with Crippen molar-refractivity contribution >= 4 is 16.9 Å². The summed E-state index contributed by atoms with van der Waals surface area (Å²) in [5, 5.41) is 8.45. The molecule has 198 valence electrons. The summed E-state index contributed by atoms with van der Waals surface area (Å²) in [6.07, 6.45) is 4.83. The third-order valence-electron chi connectivity index (χ3n) is 6.87. The number of nitrogens with one attached hydrogen (secondary N) is 1. The Bertz CT molecular complexity index is 1480. The lowest BCUT2D eigenvalue weighted by atomic mass is 10.0. The van der Waals surface area contributed by atoms with E-state index in [2.05, 4.69) is 9.55 Å². The van der Waals surface area contributed by atoms with E-state index in [-0.39, 0.29) is 29.9 Å². The summed E-state index contributed by atoms with van der Waals surface area (Å²) < 4.78 is 32.6. The zero-order chi connectivity index (χ0) is 26.6. The van der Waals surface area contributed by atoms with Gasteiger partial charge in [0.15, 0.2) is 0 Å². The van der Waals surface area contributed by atoms with Crippen LogP contribution in [0.15, 0.2) is 65.6 Å². The Labute approximate surface area is 217 Å². The molecule has 2 aliphatic rings. The number of aryl methyl sites for hydroxylation is 1. The van der Waals surface area contributed by atoms with E-state index in [0.717, 1.165) is 59.4 Å². The highest BCUT2D eigenvalue weighted by Crippen LogP contribution is 2.40. The fraction of sp³-hybridized carbons (Fsp3) is 0.321. The van der Waals surface area contributed by atoms with Gasteiger partial charge in [0.25, 0.3) is 0 Å². The minimum absolute atomic E-state index is 0.0890. The van der Waals surface area contributed by atoms with E-state index < -0.39 is 6.61 Å². The molecule has 4 heterocycles. The number of hydrogen-bond acceptors (Lipinski definition) is 5. The van der Waals surface area contributed by atoms with Crippen LogP contribution in [0.5, 0.6) is 5.75 Å². The normalized spacial score (nSPS) is 16.6. The lowest BCUT2D eigenvalue weighted by Gasteiger charge is -2.19. The Morgan fingerprint density at radius 3 is 2.61 bits per heavy atom. The van der Waals surface area contributed by atoms with Crippen LogP contribution in [0, 0.1) is 0 Å². The van der Waals surface area contributed by atoms with Crippen molar-refractivity contribution in [3.05, 3.63) is 82.5 Å². The number of β-amino-alcohol motifs (C(OH)–C–C–N with tert-alkyl or cyclic N) is 1. The van der Waals surface area contributed by atoms with Crippen LogP contribution in [0.4, 0.5) is 8.78 Å². The number of benzene rings is 2. The first kappa shape index (κ1) is 25.6. The molecule has 1 amide bonds. The van der Waals surface area contributed by atoms with E-state index >= 15 is 0 Å². The van der Waals surface area contributed by atoms with Crippen LogP contribution >= 0.6 is 0 Å². The number of fused-ring (bicyclic) bond motifs is 3. The predicted molar refractivity (Wildman–Crippen MR) is 138 cm³/mol. The lowest BCUT2D eigenvalue weighted by molar-refractivity contribution is -0.128. The summed E-state index contributed by atoms with van der Waals surface area (Å²) in [4.78, 5) is 31.2. The van der Waals surface area contributed by atoms with E-state index in [1.807, 2.05) is 30.3 Å². The second-order valence-electron chi connectivity index (χ2n) is 9.22. The first-order valence-electron chi connectivity index (χ1n) is 12.6. The molecular formula is C28H28F2N4O4. The van der Waals surface area contributed by atoms with Crippen LogP contribution in [0.3, 0.4) is 0 Å². The van der Waals surface area contributed by atoms with Gasteiger partial charge in [-0.05, 0) is 48.2 Å². The van der Waals surface area contributed by atoms with Gasteiger partial charge >= 0.3 is 6.61 Å². The van der Waals surface area contributed by atoms with Gasteiger partial charge in [0.1, 0.15) is 11.6 Å². The summed E-state index contributed by atoms with van der Waals surface area (Å²) in [6, 6.07) is 16.0. The molecule has 0 bridgehead atoms. The number of halogens is 2. The van der Waals surface area contributed by atoms with Gasteiger partial charge in [-0.3, -0.25) is 9.59 Å². The molecule has 1 fully saturated rings. The minimum Gasteiger partial charge on any atom is -0.434 e. The number of likely N-dealkylation sites (tertiary alicyclic amines) is 1. The SMILES string of the molecule is O=C1CCCN1CCO.O=c1ccc(-c2ccc3nc4n(c3c2)[C@@H](c2ccccc2OC(F)F)CC4)c[nH]1. The van der Waals surface area contributed by atoms with Crippen LogP contribution in [0.25, 0.3) is 22.2 Å². The van der Waals surface area contributed by atoms with E-state index in [4.69, 9.17) is 14.8 Å². The quantitative estimate of drug-likeness (QED) is 0.397. The van der Waals surface area contributed by atoms with Crippen LogP contribution in [-0.4, -0.2) is 56.8 Å². The molecule has 2 aromatic carbocycles. The smallest absolute Gasteiger partial charge is 0.387 e. The van der Waals surface area contributed by atoms with Crippen molar-refractivity contribution in [2.45, 2.75) is 38.3 Å². The fourth-order valence-electron chi connectivity index (χ4n) is 5.15. The summed E-state index contributed by atoms with van der Waals surface area (Å²) >= 11 is 0. The topological polar surface area (TPSA) is 100 Å². The van der Waals surface area contributed by atoms with Crippen molar-refractivity contribution < 1.29 is 23.4 Å². The van der Waals surface area contributed by atoms with Crippen molar-refractivity contribution in [2.75, 3.05) is 19.7 Å². The number of amides is 1. The number of aliphatic hydroxyl groups excluding tert-OH is 1. The fourth-order valence-corrected chi connectivity index (χ4v) is 5.15. The molecule has 38 heavy (non-hydrogen) atoms. The molecule has 0 saturated carbocycles. The van der Waals surface area contributed by atoms with Crippen LogP contribution < -0.4 is 10.3 Å². The standard InChI is InChI=1S/C22H17F2N3O2.C6H11NO2/c23-22(24)29-19-4-2-1-3-15(19)17-8-9-20-26-16-7-5-13(11-18(16)27(17)20)14-6-10-21(28)25-12-14;8-5-4-7-3-1-2-6(7)9/h1-7,10-12,17,22H,8-9H2,(H,25,28);8H,1-5H2/t17-;/m1./s1. The third kappa shape index (κ3) is 5.31. The number of H-pyrrole nitrogens is 1. The Hall–Kier alpha value is -4.05. The number of carbonyl (C=O) groups excluding carboxylic acids is 1. The van der Waals surface area contributed by atoms with Gasteiger partial charge in [-0.15, -0.1) is 0 Å². The second kappa shape index (κ2) is 11.1. The van der Waals surface area contributed by atoms with E-state index in [1.165, 1.54) is 6.07 Å². The number of pyridine rings is 1. The number of imidazole rings is 1. The van der Waals surface area contributed by atoms with E-state index in [9.17, 15) is 18.4 Å². The molecule has 0 unspecified atom stereocenters. The molecule has 0 radical (unpaired) electrons. The molecule has 6 rings (SSSR count). The van der Waals surface area contributed by atoms with Gasteiger partial charge in [0.05, 0.1) is 23.7 Å². The second-order valence-corrected chi connectivity index (χ2v) is 9.22. The number of para-hydroxylation sites is 1. The number of alkyl halides is 2. The molecule has 2 aromatic heterocycles. The largest absolute Gasteiger partial charge is 0.434 e. The maximum atomic E-state index is 12.9. The Morgan fingerprint density at radius 1 is 1.08 bits per heavy atom. The molecular weight excluding hydrogens is 494 g/mol. The Morgan fingerprint density at radius 2 is 1.89 bits per heavy atom. The first-order chi connectivity index (χ1) is 18.4. The summed E-state index contributed by atoms with van der Waals surface area (Å²) in [5.74, 6) is 1.30. The van der Waals surface area contributed by atoms with Crippen molar-refractivity contribution in [2.24, 2.45) is 0 Å². The Kier molecular flexibility index (Phi) is 7.50. The van der Waals surface area contributed by atoms with Crippen molar-refractivity contribution in [1.82, 2.24) is 19.4 Å². The first-order valence-corrected chi connectivity index (χ1v) is 12.6. The maximum absolute atomic E-state index is 12.9. The van der Waals surface area contributed by atoms with Crippen LogP contribution in [-0.2, 0) is 11.2 Å². The number of hydrogen-bond donors (Lipinski definition) is 2. The predicted octanol–water partition coefficient (Wildman–Crippen LogP) is 4.13. The molecule has 10 heteroatoms. The monoisotopic (exact) mass is 522 g/mol. The average Bonchev–Trinajstić information content (AvgIpc) is 3.60. The van der Waals surface area contributed by atoms with Gasteiger partial charge in [-0.2, -0.15) is 8.78 Å². The van der Waals surface area contributed by atoms with Crippen molar-refractivity contribution in [3.8, 4) is 16.9 Å². The molecule has 8 nitrogen and oxygen atoms in total. The molecule has 2 aliphatic heterocycles. The zero-order valence-electron chi connectivity index (χ0n) is 20.6. The van der Waals surface area contributed by atoms with Crippen molar-refractivity contribution in [3.63, 3.8) is 0 Å². The van der Waals surface area contributed by atoms with Crippen molar-refractivity contribution in [1.29, 1.82) is 0 Å². The highest BCUT2D eigenvalue weighted by molar-refractivity contribution is 5.83. The van der Waals surface area contributed by atoms with Gasteiger partial charge < -0.3 is 24.3 Å². The molecule has 2 N–H and O–H groups in total. The summed E-state index contributed by atoms with van der Waals surface area (Å²) in [7, 11) is 0. The number of ether oxygens (including phenoxy) is 1. The van der Waals surface area contributed by atoms with Crippen LogP contribution in [0.1, 0.15) is 36.7 Å². The number of aromatic amines is 1. The van der Waals surface area contributed by atoms with Gasteiger partial charge in [-0.1, -0.05) is 24.3 Å². The van der Waals surface area contributed by atoms with Gasteiger partial charge in [0.2, 0.25) is 11.5 Å². The summed E-state index contributed by atoms with van der Waals surface area (Å²) in [6.45, 7) is -1.44. The zero-order valence-corrected chi connectivity index (χ0v) is 20.6. The minimum atomic E-state index is -2.87. The number of aliphatic hydroxyl groups is 1. The molecule has 0 spiro atoms.